The molecule has 1 aliphatic rings. The number of anilines is 1. The fourth-order valence-electron chi connectivity index (χ4n) is 4.68. The zero-order chi connectivity index (χ0) is 25.8. The SMILES string of the molecule is COc1cc([C@@H]2c3c(oc4ccccc4c3=O)C(=O)N2c2nc3ccc(Cl)cc3s2)cc(OC)c1OC. The van der Waals surface area contributed by atoms with Gasteiger partial charge in [-0.1, -0.05) is 35.1 Å². The van der Waals surface area contributed by atoms with Crippen LogP contribution in [0.25, 0.3) is 21.2 Å². The third kappa shape index (κ3) is 3.53. The molecule has 8 nitrogen and oxygen atoms in total. The Hall–Kier alpha value is -4.08. The van der Waals surface area contributed by atoms with Gasteiger partial charge < -0.3 is 18.6 Å². The summed E-state index contributed by atoms with van der Waals surface area (Å²) in [4.78, 5) is 33.9. The first-order valence-electron chi connectivity index (χ1n) is 11.2. The minimum absolute atomic E-state index is 0.0280. The van der Waals surface area contributed by atoms with Crippen molar-refractivity contribution in [2.24, 2.45) is 0 Å². The first kappa shape index (κ1) is 23.3. The second-order valence-electron chi connectivity index (χ2n) is 8.31. The molecule has 0 fully saturated rings. The molecule has 3 aromatic carbocycles. The van der Waals surface area contributed by atoms with Crippen molar-refractivity contribution >= 4 is 55.2 Å². The van der Waals surface area contributed by atoms with Gasteiger partial charge >= 0.3 is 0 Å². The van der Waals surface area contributed by atoms with Crippen LogP contribution in [-0.2, 0) is 0 Å². The molecule has 0 radical (unpaired) electrons. The van der Waals surface area contributed by atoms with E-state index in [9.17, 15) is 9.59 Å². The van der Waals surface area contributed by atoms with E-state index in [1.54, 1.807) is 54.6 Å². The van der Waals surface area contributed by atoms with Crippen molar-refractivity contribution in [2.45, 2.75) is 6.04 Å². The Labute approximate surface area is 219 Å². The molecule has 3 heterocycles. The van der Waals surface area contributed by atoms with Crippen molar-refractivity contribution in [3.8, 4) is 17.2 Å². The van der Waals surface area contributed by atoms with Gasteiger partial charge in [0.05, 0.1) is 48.5 Å². The fourth-order valence-corrected chi connectivity index (χ4v) is 5.95. The van der Waals surface area contributed by atoms with Gasteiger partial charge in [0.2, 0.25) is 11.5 Å². The molecule has 0 saturated heterocycles. The predicted octanol–water partition coefficient (Wildman–Crippen LogP) is 5.83. The first-order chi connectivity index (χ1) is 17.9. The molecule has 1 amide bonds. The number of thiazole rings is 1. The highest BCUT2D eigenvalue weighted by atomic mass is 35.5. The number of fused-ring (bicyclic) bond motifs is 3. The summed E-state index contributed by atoms with van der Waals surface area (Å²) in [6, 6.07) is 14.8. The Kier molecular flexibility index (Phi) is 5.54. The van der Waals surface area contributed by atoms with Crippen LogP contribution in [0.5, 0.6) is 17.2 Å². The molecule has 186 valence electrons. The van der Waals surface area contributed by atoms with Gasteiger partial charge in [0.1, 0.15) is 5.58 Å². The van der Waals surface area contributed by atoms with Gasteiger partial charge in [-0.2, -0.15) is 0 Å². The number of benzene rings is 3. The number of carbonyl (C=O) groups is 1. The topological polar surface area (TPSA) is 91.1 Å². The van der Waals surface area contributed by atoms with Crippen molar-refractivity contribution in [3.05, 3.63) is 86.7 Å². The number of ether oxygens (including phenoxy) is 3. The van der Waals surface area contributed by atoms with E-state index >= 15 is 0 Å². The lowest BCUT2D eigenvalue weighted by molar-refractivity contribution is 0.0971. The minimum atomic E-state index is -0.854. The van der Waals surface area contributed by atoms with Crippen LogP contribution in [0.15, 0.2) is 63.8 Å². The summed E-state index contributed by atoms with van der Waals surface area (Å²) in [5.41, 5.74) is 1.51. The molecule has 0 unspecified atom stereocenters. The van der Waals surface area contributed by atoms with E-state index in [1.165, 1.54) is 37.6 Å². The Morgan fingerprint density at radius 3 is 2.41 bits per heavy atom. The maximum atomic E-state index is 13.9. The molecule has 0 N–H and O–H groups in total. The summed E-state index contributed by atoms with van der Waals surface area (Å²) in [5.74, 6) is 0.671. The third-order valence-corrected chi connectivity index (χ3v) is 7.58. The number of hydrogen-bond acceptors (Lipinski definition) is 8. The van der Waals surface area contributed by atoms with Crippen LogP contribution in [0.4, 0.5) is 5.13 Å². The summed E-state index contributed by atoms with van der Waals surface area (Å²) >= 11 is 7.49. The summed E-state index contributed by atoms with van der Waals surface area (Å²) in [7, 11) is 4.52. The van der Waals surface area contributed by atoms with E-state index < -0.39 is 11.9 Å². The molecule has 37 heavy (non-hydrogen) atoms. The van der Waals surface area contributed by atoms with E-state index in [0.29, 0.717) is 49.5 Å². The highest BCUT2D eigenvalue weighted by Gasteiger charge is 2.45. The smallest absolute Gasteiger partial charge is 0.297 e. The normalized spacial score (nSPS) is 14.9. The zero-order valence-electron chi connectivity index (χ0n) is 19.9. The van der Waals surface area contributed by atoms with Crippen LogP contribution in [-0.4, -0.2) is 32.2 Å². The van der Waals surface area contributed by atoms with Crippen molar-refractivity contribution in [2.75, 3.05) is 26.2 Å². The number of amides is 1. The minimum Gasteiger partial charge on any atom is -0.493 e. The van der Waals surface area contributed by atoms with Gasteiger partial charge in [-0.15, -0.1) is 0 Å². The Morgan fingerprint density at radius 1 is 0.973 bits per heavy atom. The first-order valence-corrected chi connectivity index (χ1v) is 12.4. The van der Waals surface area contributed by atoms with E-state index in [1.807, 2.05) is 0 Å². The number of aromatic nitrogens is 1. The van der Waals surface area contributed by atoms with Gasteiger partial charge in [-0.3, -0.25) is 14.5 Å². The van der Waals surface area contributed by atoms with Gasteiger partial charge in [-0.05, 0) is 48.0 Å². The Morgan fingerprint density at radius 2 is 1.70 bits per heavy atom. The second kappa shape index (κ2) is 8.79. The molecule has 1 aliphatic heterocycles. The lowest BCUT2D eigenvalue weighted by atomic mass is 9.98. The van der Waals surface area contributed by atoms with Crippen LogP contribution in [0, 0.1) is 0 Å². The maximum Gasteiger partial charge on any atom is 0.297 e. The van der Waals surface area contributed by atoms with Crippen LogP contribution >= 0.6 is 22.9 Å². The predicted molar refractivity (Wildman–Crippen MR) is 142 cm³/mol. The van der Waals surface area contributed by atoms with Crippen LogP contribution in [0.2, 0.25) is 5.02 Å². The van der Waals surface area contributed by atoms with E-state index in [-0.39, 0.29) is 16.8 Å². The lowest BCUT2D eigenvalue weighted by Crippen LogP contribution is -2.29. The van der Waals surface area contributed by atoms with Crippen molar-refractivity contribution < 1.29 is 23.4 Å². The van der Waals surface area contributed by atoms with Crippen LogP contribution in [0.1, 0.15) is 27.7 Å². The Balaban J connectivity index is 1.66. The standard InChI is InChI=1S/C27H19ClN2O6S/c1-33-18-10-13(11-19(34-2)24(18)35-3)22-21-23(31)15-6-4-5-7-17(15)36-25(21)26(32)30(22)27-29-16-9-8-14(28)12-20(16)37-27/h4-12,22H,1-3H3/t22-/m1/s1. The number of rotatable bonds is 5. The Bertz CT molecular complexity index is 1750. The van der Waals surface area contributed by atoms with Gasteiger partial charge in [-0.25, -0.2) is 4.98 Å². The number of nitrogens with zero attached hydrogens (tertiary/aromatic N) is 2. The molecular weight excluding hydrogens is 516 g/mol. The zero-order valence-corrected chi connectivity index (χ0v) is 21.5. The molecule has 5 aromatic rings. The third-order valence-electron chi connectivity index (χ3n) is 6.33. The summed E-state index contributed by atoms with van der Waals surface area (Å²) in [5, 5.41) is 1.34. The van der Waals surface area contributed by atoms with Gasteiger partial charge in [0, 0.05) is 5.02 Å². The van der Waals surface area contributed by atoms with Crippen molar-refractivity contribution in [3.63, 3.8) is 0 Å². The van der Waals surface area contributed by atoms with Crippen molar-refractivity contribution in [1.82, 2.24) is 4.98 Å². The van der Waals surface area contributed by atoms with Crippen LogP contribution in [0.3, 0.4) is 0 Å². The average Bonchev–Trinajstić information content (AvgIpc) is 3.45. The van der Waals surface area contributed by atoms with Crippen molar-refractivity contribution in [1.29, 1.82) is 0 Å². The summed E-state index contributed by atoms with van der Waals surface area (Å²) < 4.78 is 23.4. The number of hydrogen-bond donors (Lipinski definition) is 0. The molecule has 0 spiro atoms. The summed E-state index contributed by atoms with van der Waals surface area (Å²) in [6.45, 7) is 0. The number of para-hydroxylation sites is 1. The second-order valence-corrected chi connectivity index (χ2v) is 9.76. The summed E-state index contributed by atoms with van der Waals surface area (Å²) in [6.07, 6.45) is 0. The number of methoxy groups -OCH3 is 3. The molecule has 0 aliphatic carbocycles. The molecule has 0 bridgehead atoms. The number of carbonyl (C=O) groups excluding carboxylic acids is 1. The van der Waals surface area contributed by atoms with Gasteiger partial charge in [0.25, 0.3) is 5.91 Å². The number of halogens is 1. The maximum absolute atomic E-state index is 13.9. The molecule has 1 atom stereocenters. The quantitative estimate of drug-likeness (QED) is 0.280. The van der Waals surface area contributed by atoms with Crippen LogP contribution < -0.4 is 24.5 Å². The van der Waals surface area contributed by atoms with E-state index in [0.717, 1.165) is 4.70 Å². The molecule has 10 heteroatoms. The molecular formula is C27H19ClN2O6S. The fraction of sp³-hybridized carbons (Fsp3) is 0.148. The molecule has 0 saturated carbocycles. The average molecular weight is 535 g/mol. The van der Waals surface area contributed by atoms with E-state index in [2.05, 4.69) is 0 Å². The molecule has 2 aromatic heterocycles. The van der Waals surface area contributed by atoms with E-state index in [4.69, 9.17) is 35.2 Å². The largest absolute Gasteiger partial charge is 0.493 e. The van der Waals surface area contributed by atoms with Gasteiger partial charge in [0.15, 0.2) is 22.1 Å². The highest BCUT2D eigenvalue weighted by Crippen LogP contribution is 2.47. The lowest BCUT2D eigenvalue weighted by Gasteiger charge is -2.24. The highest BCUT2D eigenvalue weighted by molar-refractivity contribution is 7.22. The molecule has 6 rings (SSSR count). The monoisotopic (exact) mass is 534 g/mol.